The van der Waals surface area contributed by atoms with Crippen molar-refractivity contribution >= 4 is 0 Å². The molecule has 1 nitrogen and oxygen atoms in total. The molecule has 34 heavy (non-hydrogen) atoms. The highest BCUT2D eigenvalue weighted by molar-refractivity contribution is 5.45. The van der Waals surface area contributed by atoms with Gasteiger partial charge in [-0.2, -0.15) is 5.26 Å². The molecule has 176 valence electrons. The first kappa shape index (κ1) is 24.4. The van der Waals surface area contributed by atoms with Gasteiger partial charge in [-0.3, -0.25) is 0 Å². The largest absolute Gasteiger partial charge is 0.192 e. The number of allylic oxidation sites excluding steroid dienone is 1. The average molecular weight is 450 g/mol. The van der Waals surface area contributed by atoms with Gasteiger partial charge < -0.3 is 0 Å². The monoisotopic (exact) mass is 449 g/mol. The molecule has 0 amide bonds. The maximum absolute atomic E-state index is 8.91. The summed E-state index contributed by atoms with van der Waals surface area (Å²) in [5, 5.41) is 8.91. The van der Waals surface area contributed by atoms with Crippen LogP contribution in [0.3, 0.4) is 0 Å². The number of rotatable bonds is 7. The Morgan fingerprint density at radius 1 is 0.647 bits per heavy atom. The molecule has 0 aromatic heterocycles. The van der Waals surface area contributed by atoms with Gasteiger partial charge in [0.15, 0.2) is 0 Å². The lowest BCUT2D eigenvalue weighted by Crippen LogP contribution is -2.17. The normalized spacial score (nSPS) is 24.4. The van der Waals surface area contributed by atoms with E-state index in [1.54, 1.807) is 0 Å². The number of benzene rings is 2. The average Bonchev–Trinajstić information content (AvgIpc) is 2.91. The quantitative estimate of drug-likeness (QED) is 0.306. The Morgan fingerprint density at radius 2 is 1.09 bits per heavy atom. The van der Waals surface area contributed by atoms with E-state index < -0.39 is 0 Å². The van der Waals surface area contributed by atoms with E-state index in [0.29, 0.717) is 5.56 Å². The number of hydrogen-bond donors (Lipinski definition) is 0. The fraction of sp³-hybridized carbons (Fsp3) is 0.485. The number of nitriles is 1. The summed E-state index contributed by atoms with van der Waals surface area (Å²) in [5.74, 6) is 10.1. The van der Waals surface area contributed by atoms with Crippen molar-refractivity contribution in [1.82, 2.24) is 0 Å². The van der Waals surface area contributed by atoms with Gasteiger partial charge in [-0.15, -0.1) is 6.58 Å². The van der Waals surface area contributed by atoms with Crippen LogP contribution < -0.4 is 0 Å². The molecule has 1 heteroatoms. The van der Waals surface area contributed by atoms with E-state index in [-0.39, 0.29) is 0 Å². The third kappa shape index (κ3) is 7.11. The van der Waals surface area contributed by atoms with Crippen LogP contribution in [0.25, 0.3) is 0 Å². The minimum Gasteiger partial charge on any atom is -0.192 e. The van der Waals surface area contributed by atoms with Crippen molar-refractivity contribution in [3.8, 4) is 17.9 Å². The zero-order valence-corrected chi connectivity index (χ0v) is 20.6. The second-order valence-electron chi connectivity index (χ2n) is 10.6. The zero-order chi connectivity index (χ0) is 23.6. The second kappa shape index (κ2) is 12.6. The van der Waals surface area contributed by atoms with Crippen LogP contribution in [0, 0.1) is 40.9 Å². The Balaban J connectivity index is 1.18. The highest BCUT2D eigenvalue weighted by Gasteiger charge is 2.25. The summed E-state index contributed by atoms with van der Waals surface area (Å²) in [4.78, 5) is 0. The predicted molar refractivity (Wildman–Crippen MR) is 142 cm³/mol. The van der Waals surface area contributed by atoms with E-state index in [4.69, 9.17) is 5.26 Å². The van der Waals surface area contributed by atoms with E-state index >= 15 is 0 Å². The first-order valence-corrected chi connectivity index (χ1v) is 13.5. The molecule has 2 aliphatic rings. The Morgan fingerprint density at radius 3 is 1.59 bits per heavy atom. The number of nitrogens with zero attached hydrogens (tertiary/aromatic N) is 1. The molecule has 2 aromatic rings. The van der Waals surface area contributed by atoms with Crippen LogP contribution in [-0.2, 0) is 0 Å². The number of hydrogen-bond acceptors (Lipinski definition) is 1. The summed E-state index contributed by atoms with van der Waals surface area (Å²) in [7, 11) is 0. The molecule has 0 N–H and O–H groups in total. The van der Waals surface area contributed by atoms with Crippen LogP contribution in [0.4, 0.5) is 0 Å². The molecule has 2 saturated carbocycles. The fourth-order valence-corrected chi connectivity index (χ4v) is 6.03. The molecule has 2 aromatic carbocycles. The molecule has 2 aliphatic carbocycles. The first-order valence-electron chi connectivity index (χ1n) is 13.5. The van der Waals surface area contributed by atoms with Crippen molar-refractivity contribution < 1.29 is 0 Å². The summed E-state index contributed by atoms with van der Waals surface area (Å²) in [5.41, 5.74) is 4.16. The molecular weight excluding hydrogens is 410 g/mol. The molecule has 4 rings (SSSR count). The molecule has 0 aliphatic heterocycles. The van der Waals surface area contributed by atoms with Crippen LogP contribution in [0.15, 0.2) is 61.2 Å². The third-order valence-corrected chi connectivity index (χ3v) is 8.32. The van der Waals surface area contributed by atoms with Crippen molar-refractivity contribution in [3.05, 3.63) is 83.4 Å². The summed E-state index contributed by atoms with van der Waals surface area (Å²) in [6.45, 7) is 3.88. The van der Waals surface area contributed by atoms with Gasteiger partial charge in [0.25, 0.3) is 0 Å². The van der Waals surface area contributed by atoms with Gasteiger partial charge in [0.2, 0.25) is 0 Å². The Labute approximate surface area is 207 Å². The molecule has 2 fully saturated rings. The van der Waals surface area contributed by atoms with E-state index in [0.717, 1.165) is 34.8 Å². The molecular formula is C33H39N. The highest BCUT2D eigenvalue weighted by Crippen LogP contribution is 2.40. The Bertz CT molecular complexity index is 995. The summed E-state index contributed by atoms with van der Waals surface area (Å²) < 4.78 is 0. The van der Waals surface area contributed by atoms with Crippen molar-refractivity contribution in [2.45, 2.75) is 83.0 Å². The van der Waals surface area contributed by atoms with Gasteiger partial charge in [-0.05, 0) is 104 Å². The lowest BCUT2D eigenvalue weighted by molar-refractivity contribution is 0.225. The van der Waals surface area contributed by atoms with Crippen LogP contribution in [-0.4, -0.2) is 0 Å². The van der Waals surface area contributed by atoms with Gasteiger partial charge in [-0.25, -0.2) is 0 Å². The van der Waals surface area contributed by atoms with E-state index in [2.05, 4.69) is 54.8 Å². The summed E-state index contributed by atoms with van der Waals surface area (Å²) in [6.07, 6.45) is 18.9. The molecule has 0 unspecified atom stereocenters. The second-order valence-corrected chi connectivity index (χ2v) is 10.6. The van der Waals surface area contributed by atoms with Gasteiger partial charge in [0.05, 0.1) is 11.6 Å². The zero-order valence-electron chi connectivity index (χ0n) is 20.6. The maximum Gasteiger partial charge on any atom is 0.0991 e. The van der Waals surface area contributed by atoms with Crippen molar-refractivity contribution in [2.75, 3.05) is 0 Å². The smallest absolute Gasteiger partial charge is 0.0991 e. The van der Waals surface area contributed by atoms with Crippen molar-refractivity contribution in [1.29, 1.82) is 5.26 Å². The van der Waals surface area contributed by atoms with Crippen LogP contribution >= 0.6 is 0 Å². The van der Waals surface area contributed by atoms with E-state index in [1.165, 1.54) is 82.6 Å². The van der Waals surface area contributed by atoms with E-state index in [1.807, 2.05) is 24.3 Å². The van der Waals surface area contributed by atoms with Gasteiger partial charge in [0.1, 0.15) is 0 Å². The SMILES string of the molecule is C=CCC[C@H]1CC[C@H](CC[C@H]2CC[C@H](c3ccc(C#Cc4ccc(C#N)cc4)cc3)CC2)CC1. The van der Waals surface area contributed by atoms with Crippen molar-refractivity contribution in [2.24, 2.45) is 17.8 Å². The summed E-state index contributed by atoms with van der Waals surface area (Å²) >= 11 is 0. The van der Waals surface area contributed by atoms with E-state index in [9.17, 15) is 0 Å². The highest BCUT2D eigenvalue weighted by atomic mass is 14.3. The topological polar surface area (TPSA) is 23.8 Å². The lowest BCUT2D eigenvalue weighted by Gasteiger charge is -2.32. The Hall–Kier alpha value is -2.77. The Kier molecular flexibility index (Phi) is 9.04. The van der Waals surface area contributed by atoms with Gasteiger partial charge in [-0.1, -0.05) is 68.6 Å². The lowest BCUT2D eigenvalue weighted by atomic mass is 9.74. The molecule has 0 atom stereocenters. The minimum absolute atomic E-state index is 0.673. The van der Waals surface area contributed by atoms with Crippen LogP contribution in [0.5, 0.6) is 0 Å². The van der Waals surface area contributed by atoms with Crippen LogP contribution in [0.1, 0.15) is 105 Å². The molecule has 0 heterocycles. The molecule has 0 spiro atoms. The van der Waals surface area contributed by atoms with Gasteiger partial charge in [0, 0.05) is 11.1 Å². The predicted octanol–water partition coefficient (Wildman–Crippen LogP) is 8.78. The standard InChI is InChI=1S/C33H39N/c1-2-3-4-26-5-7-27(8-6-26)9-11-29-17-21-32(22-18-29)33-23-19-30(20-24-33)12-10-28-13-15-31(25-34)16-14-28/h2,13-16,19-20,23-24,26-27,29,32H,1,3-9,11,17-18,21-22H2/t26-,27-,29-,32-. The third-order valence-electron chi connectivity index (χ3n) is 8.32. The molecule has 0 bridgehead atoms. The van der Waals surface area contributed by atoms with Crippen molar-refractivity contribution in [3.63, 3.8) is 0 Å². The van der Waals surface area contributed by atoms with Crippen LogP contribution in [0.2, 0.25) is 0 Å². The summed E-state index contributed by atoms with van der Waals surface area (Å²) in [6, 6.07) is 18.5. The maximum atomic E-state index is 8.91. The minimum atomic E-state index is 0.673. The fourth-order valence-electron chi connectivity index (χ4n) is 6.03. The van der Waals surface area contributed by atoms with Gasteiger partial charge >= 0.3 is 0 Å². The molecule has 0 saturated heterocycles. The first-order chi connectivity index (χ1) is 16.7. The molecule has 0 radical (unpaired) electrons.